The van der Waals surface area contributed by atoms with Crippen LogP contribution in [0.1, 0.15) is 22.4 Å². The minimum absolute atomic E-state index is 0.516. The van der Waals surface area contributed by atoms with Crippen LogP contribution < -0.4 is 10.6 Å². The first kappa shape index (κ1) is 20.4. The van der Waals surface area contributed by atoms with Crippen LogP contribution in [0.4, 0.5) is 0 Å². The van der Waals surface area contributed by atoms with E-state index < -0.39 is 0 Å². The predicted molar refractivity (Wildman–Crippen MR) is 121 cm³/mol. The van der Waals surface area contributed by atoms with E-state index in [-0.39, 0.29) is 0 Å². The minimum atomic E-state index is 0.516. The van der Waals surface area contributed by atoms with E-state index in [9.17, 15) is 0 Å². The molecule has 0 saturated heterocycles. The molecule has 2 aromatic heterocycles. The summed E-state index contributed by atoms with van der Waals surface area (Å²) in [5.41, 5.74) is 5.29. The molecule has 0 aliphatic rings. The lowest BCUT2D eigenvalue weighted by molar-refractivity contribution is 0.572. The Bertz CT molecular complexity index is 1130. The van der Waals surface area contributed by atoms with E-state index in [1.807, 2.05) is 59.5 Å². The number of aryl methyl sites for hydroxylation is 1. The van der Waals surface area contributed by atoms with Gasteiger partial charge in [-0.25, -0.2) is 4.98 Å². The fourth-order valence-corrected chi connectivity index (χ4v) is 3.15. The van der Waals surface area contributed by atoms with E-state index >= 15 is 0 Å². The van der Waals surface area contributed by atoms with Crippen molar-refractivity contribution in [1.29, 1.82) is 0 Å². The molecule has 7 heteroatoms. The Kier molecular flexibility index (Phi) is 6.42. The fourth-order valence-electron chi connectivity index (χ4n) is 3.15. The third-order valence-electron chi connectivity index (χ3n) is 4.84. The van der Waals surface area contributed by atoms with Crippen molar-refractivity contribution in [2.75, 3.05) is 7.05 Å². The second-order valence-electron chi connectivity index (χ2n) is 7.32. The Hall–Kier alpha value is -3.87. The zero-order chi connectivity index (χ0) is 21.5. The molecule has 7 nitrogen and oxygen atoms in total. The lowest BCUT2D eigenvalue weighted by Gasteiger charge is -2.09. The normalized spacial score (nSPS) is 11.5. The average molecular weight is 415 g/mol. The minimum Gasteiger partial charge on any atom is -0.444 e. The highest BCUT2D eigenvalue weighted by Crippen LogP contribution is 2.19. The van der Waals surface area contributed by atoms with E-state index in [1.165, 1.54) is 11.1 Å². The molecule has 0 aliphatic heterocycles. The number of oxazole rings is 1. The van der Waals surface area contributed by atoms with Gasteiger partial charge in [0, 0.05) is 30.9 Å². The topological polar surface area (TPSA) is 80.3 Å². The molecule has 4 rings (SSSR count). The van der Waals surface area contributed by atoms with Crippen molar-refractivity contribution in [2.45, 2.75) is 26.6 Å². The molecule has 4 aromatic rings. The third-order valence-corrected chi connectivity index (χ3v) is 4.84. The van der Waals surface area contributed by atoms with Crippen molar-refractivity contribution in [2.24, 2.45) is 4.99 Å². The van der Waals surface area contributed by atoms with Gasteiger partial charge in [0.2, 0.25) is 5.89 Å². The SMILES string of the molecule is CN=C(NCc1cnn(Cc2ccccc2)c1)NCc1coc(-c2ccc(C)cc2)n1. The Morgan fingerprint density at radius 1 is 1.00 bits per heavy atom. The largest absolute Gasteiger partial charge is 0.444 e. The van der Waals surface area contributed by atoms with Crippen LogP contribution in [0, 0.1) is 6.92 Å². The van der Waals surface area contributed by atoms with Crippen LogP contribution in [0.2, 0.25) is 0 Å². The highest BCUT2D eigenvalue weighted by Gasteiger charge is 2.08. The summed E-state index contributed by atoms with van der Waals surface area (Å²) in [5.74, 6) is 1.31. The summed E-state index contributed by atoms with van der Waals surface area (Å²) in [5, 5.41) is 11.0. The molecule has 31 heavy (non-hydrogen) atoms. The zero-order valence-electron chi connectivity index (χ0n) is 17.7. The van der Waals surface area contributed by atoms with E-state index in [4.69, 9.17) is 4.42 Å². The van der Waals surface area contributed by atoms with E-state index in [0.717, 1.165) is 23.4 Å². The molecular formula is C24H26N6O. The van der Waals surface area contributed by atoms with Crippen LogP contribution in [0.15, 0.2) is 82.7 Å². The monoisotopic (exact) mass is 414 g/mol. The Morgan fingerprint density at radius 2 is 1.77 bits per heavy atom. The number of rotatable bonds is 7. The molecule has 0 amide bonds. The van der Waals surface area contributed by atoms with Crippen molar-refractivity contribution in [3.05, 3.63) is 95.6 Å². The molecule has 2 N–H and O–H groups in total. The Labute approximate surface area is 181 Å². The van der Waals surface area contributed by atoms with Crippen molar-refractivity contribution in [3.63, 3.8) is 0 Å². The summed E-state index contributed by atoms with van der Waals surface area (Å²) in [6.45, 7) is 3.95. The van der Waals surface area contributed by atoms with E-state index in [2.05, 4.69) is 44.8 Å². The maximum absolute atomic E-state index is 5.61. The number of hydrogen-bond acceptors (Lipinski definition) is 4. The summed E-state index contributed by atoms with van der Waals surface area (Å²) in [6.07, 6.45) is 5.58. The fraction of sp³-hybridized carbons (Fsp3) is 0.208. The van der Waals surface area contributed by atoms with E-state index in [1.54, 1.807) is 13.3 Å². The van der Waals surface area contributed by atoms with Crippen LogP contribution >= 0.6 is 0 Å². The molecule has 158 valence electrons. The summed E-state index contributed by atoms with van der Waals surface area (Å²) in [4.78, 5) is 8.83. The number of aliphatic imine (C=N–C) groups is 1. The smallest absolute Gasteiger partial charge is 0.226 e. The van der Waals surface area contributed by atoms with Crippen LogP contribution in [-0.2, 0) is 19.6 Å². The number of hydrogen-bond donors (Lipinski definition) is 2. The van der Waals surface area contributed by atoms with Gasteiger partial charge < -0.3 is 15.1 Å². The number of benzene rings is 2. The van der Waals surface area contributed by atoms with Gasteiger partial charge in [-0.3, -0.25) is 9.67 Å². The maximum Gasteiger partial charge on any atom is 0.226 e. The zero-order valence-corrected chi connectivity index (χ0v) is 17.7. The van der Waals surface area contributed by atoms with Gasteiger partial charge in [0.1, 0.15) is 6.26 Å². The maximum atomic E-state index is 5.61. The molecule has 0 radical (unpaired) electrons. The number of guanidine groups is 1. The van der Waals surface area contributed by atoms with Crippen LogP contribution in [0.3, 0.4) is 0 Å². The molecular weight excluding hydrogens is 388 g/mol. The van der Waals surface area contributed by atoms with Gasteiger partial charge in [0.05, 0.1) is 25.0 Å². The van der Waals surface area contributed by atoms with Crippen molar-refractivity contribution >= 4 is 5.96 Å². The summed E-state index contributed by atoms with van der Waals surface area (Å²) in [6, 6.07) is 18.4. The first-order valence-corrected chi connectivity index (χ1v) is 10.2. The molecule has 0 atom stereocenters. The lowest BCUT2D eigenvalue weighted by atomic mass is 10.1. The highest BCUT2D eigenvalue weighted by atomic mass is 16.3. The average Bonchev–Trinajstić information content (AvgIpc) is 3.45. The summed E-state index contributed by atoms with van der Waals surface area (Å²) < 4.78 is 7.55. The molecule has 0 unspecified atom stereocenters. The predicted octanol–water partition coefficient (Wildman–Crippen LogP) is 3.76. The second-order valence-corrected chi connectivity index (χ2v) is 7.32. The van der Waals surface area contributed by atoms with Gasteiger partial charge >= 0.3 is 0 Å². The molecule has 0 bridgehead atoms. The third kappa shape index (κ3) is 5.60. The van der Waals surface area contributed by atoms with Crippen molar-refractivity contribution in [3.8, 4) is 11.5 Å². The summed E-state index contributed by atoms with van der Waals surface area (Å²) >= 11 is 0. The van der Waals surface area contributed by atoms with E-state index in [0.29, 0.717) is 24.9 Å². The Morgan fingerprint density at radius 3 is 2.55 bits per heavy atom. The molecule has 2 aromatic carbocycles. The van der Waals surface area contributed by atoms with Gasteiger partial charge in [-0.15, -0.1) is 0 Å². The van der Waals surface area contributed by atoms with Gasteiger partial charge in [0.15, 0.2) is 5.96 Å². The molecule has 2 heterocycles. The summed E-state index contributed by atoms with van der Waals surface area (Å²) in [7, 11) is 1.74. The molecule has 0 spiro atoms. The molecule has 0 aliphatic carbocycles. The van der Waals surface area contributed by atoms with Crippen LogP contribution in [-0.4, -0.2) is 27.8 Å². The second kappa shape index (κ2) is 9.75. The van der Waals surface area contributed by atoms with Crippen LogP contribution in [0.25, 0.3) is 11.5 Å². The lowest BCUT2D eigenvalue weighted by Crippen LogP contribution is -2.36. The quantitative estimate of drug-likeness (QED) is 0.356. The number of nitrogens with one attached hydrogen (secondary N) is 2. The van der Waals surface area contributed by atoms with Gasteiger partial charge in [-0.1, -0.05) is 48.0 Å². The van der Waals surface area contributed by atoms with Crippen molar-refractivity contribution in [1.82, 2.24) is 25.4 Å². The standard InChI is InChI=1S/C24H26N6O/c1-18-8-10-21(11-9-18)23-29-22(17-31-23)14-27-24(25-2)26-12-20-13-28-30(16-20)15-19-6-4-3-5-7-19/h3-11,13,16-17H,12,14-15H2,1-2H3,(H2,25,26,27). The number of aromatic nitrogens is 3. The number of nitrogens with zero attached hydrogens (tertiary/aromatic N) is 4. The molecule has 0 saturated carbocycles. The first-order chi connectivity index (χ1) is 15.2. The van der Waals surface area contributed by atoms with Crippen molar-refractivity contribution < 1.29 is 4.42 Å². The van der Waals surface area contributed by atoms with Gasteiger partial charge in [0.25, 0.3) is 0 Å². The molecule has 0 fully saturated rings. The van der Waals surface area contributed by atoms with Gasteiger partial charge in [-0.2, -0.15) is 5.10 Å². The van der Waals surface area contributed by atoms with Gasteiger partial charge in [-0.05, 0) is 24.6 Å². The highest BCUT2D eigenvalue weighted by molar-refractivity contribution is 5.79. The Balaban J connectivity index is 1.27. The van der Waals surface area contributed by atoms with Crippen LogP contribution in [0.5, 0.6) is 0 Å². The first-order valence-electron chi connectivity index (χ1n) is 10.2.